The summed E-state index contributed by atoms with van der Waals surface area (Å²) in [5.74, 6) is 1.02. The summed E-state index contributed by atoms with van der Waals surface area (Å²) in [6, 6.07) is 11.3. The van der Waals surface area contributed by atoms with E-state index in [2.05, 4.69) is 44.2 Å². The number of fused-ring (bicyclic) bond motifs is 1. The van der Waals surface area contributed by atoms with Crippen LogP contribution in [0.1, 0.15) is 36.1 Å². The van der Waals surface area contributed by atoms with Crippen LogP contribution in [0.4, 0.5) is 0 Å². The predicted molar refractivity (Wildman–Crippen MR) is 87.7 cm³/mol. The first-order chi connectivity index (χ1) is 10.3. The number of rotatable bonds is 4. The van der Waals surface area contributed by atoms with E-state index in [0.29, 0.717) is 6.54 Å². The Kier molecular flexibility index (Phi) is 3.98. The van der Waals surface area contributed by atoms with E-state index in [4.69, 9.17) is 10.5 Å². The van der Waals surface area contributed by atoms with Crippen LogP contribution in [0, 0.1) is 0 Å². The minimum absolute atomic E-state index is 0.532. The molecule has 0 bridgehead atoms. The van der Waals surface area contributed by atoms with Crippen LogP contribution < -0.4 is 10.5 Å². The molecule has 1 aliphatic heterocycles. The molecule has 0 saturated heterocycles. The normalized spacial score (nSPS) is 13.1. The van der Waals surface area contributed by atoms with Gasteiger partial charge in [-0.25, -0.2) is 0 Å². The van der Waals surface area contributed by atoms with Gasteiger partial charge < -0.3 is 10.5 Å². The van der Waals surface area contributed by atoms with Crippen LogP contribution in [-0.4, -0.2) is 6.61 Å². The molecule has 2 heteroatoms. The monoisotopic (exact) mass is 281 g/mol. The molecule has 0 unspecified atom stereocenters. The van der Waals surface area contributed by atoms with E-state index in [1.807, 2.05) is 0 Å². The highest BCUT2D eigenvalue weighted by molar-refractivity contribution is 5.69. The fourth-order valence-electron chi connectivity index (χ4n) is 3.19. The summed E-state index contributed by atoms with van der Waals surface area (Å²) in [4.78, 5) is 0. The lowest BCUT2D eigenvalue weighted by Gasteiger charge is -2.12. The molecule has 0 saturated carbocycles. The highest BCUT2D eigenvalue weighted by Gasteiger charge is 2.17. The van der Waals surface area contributed by atoms with Crippen LogP contribution in [0.15, 0.2) is 30.3 Å². The van der Waals surface area contributed by atoms with Crippen LogP contribution in [0.5, 0.6) is 5.75 Å². The van der Waals surface area contributed by atoms with Crippen molar-refractivity contribution in [2.24, 2.45) is 5.73 Å². The molecule has 2 N–H and O–H groups in total. The minimum atomic E-state index is 0.532. The van der Waals surface area contributed by atoms with E-state index in [0.717, 1.165) is 37.2 Å². The van der Waals surface area contributed by atoms with E-state index in [9.17, 15) is 0 Å². The van der Waals surface area contributed by atoms with E-state index in [1.165, 1.54) is 27.8 Å². The Morgan fingerprint density at radius 1 is 0.952 bits per heavy atom. The van der Waals surface area contributed by atoms with Gasteiger partial charge in [0, 0.05) is 18.5 Å². The van der Waals surface area contributed by atoms with Gasteiger partial charge in [0.15, 0.2) is 0 Å². The lowest BCUT2D eigenvalue weighted by molar-refractivity contribution is 0.353. The summed E-state index contributed by atoms with van der Waals surface area (Å²) in [5, 5.41) is 0. The Morgan fingerprint density at radius 2 is 1.71 bits per heavy atom. The Morgan fingerprint density at radius 3 is 2.43 bits per heavy atom. The summed E-state index contributed by atoms with van der Waals surface area (Å²) in [5.41, 5.74) is 13.8. The van der Waals surface area contributed by atoms with Crippen molar-refractivity contribution in [3.05, 3.63) is 52.6 Å². The second kappa shape index (κ2) is 5.90. The summed E-state index contributed by atoms with van der Waals surface area (Å²) < 4.78 is 5.71. The van der Waals surface area contributed by atoms with E-state index >= 15 is 0 Å². The smallest absolute Gasteiger partial charge is 0.127 e. The van der Waals surface area contributed by atoms with Gasteiger partial charge in [-0.2, -0.15) is 0 Å². The number of nitrogens with two attached hydrogens (primary N) is 1. The maximum atomic E-state index is 5.89. The number of hydrogen-bond donors (Lipinski definition) is 1. The van der Waals surface area contributed by atoms with Gasteiger partial charge in [0.1, 0.15) is 5.75 Å². The number of benzene rings is 2. The predicted octanol–water partition coefficient (Wildman–Crippen LogP) is 3.87. The first-order valence-electron chi connectivity index (χ1n) is 7.87. The number of ether oxygens (including phenoxy) is 1. The summed E-state index contributed by atoms with van der Waals surface area (Å²) >= 11 is 0. The fraction of sp³-hybridized carbons (Fsp3) is 0.368. The fourth-order valence-corrected chi connectivity index (χ4v) is 3.19. The second-order valence-electron chi connectivity index (χ2n) is 5.62. The first kappa shape index (κ1) is 14.2. The van der Waals surface area contributed by atoms with Crippen molar-refractivity contribution in [2.45, 2.75) is 39.7 Å². The maximum Gasteiger partial charge on any atom is 0.127 e. The SMILES string of the molecule is CCc1ccc(-c2cc(CN)c3c(c2)CCO3)cc1CC. The van der Waals surface area contributed by atoms with Gasteiger partial charge in [0.2, 0.25) is 0 Å². The van der Waals surface area contributed by atoms with Crippen molar-refractivity contribution < 1.29 is 4.74 Å². The number of aryl methyl sites for hydroxylation is 2. The molecule has 21 heavy (non-hydrogen) atoms. The molecule has 0 radical (unpaired) electrons. The van der Waals surface area contributed by atoms with Crippen LogP contribution in [0.25, 0.3) is 11.1 Å². The van der Waals surface area contributed by atoms with Gasteiger partial charge in [-0.3, -0.25) is 0 Å². The molecular weight excluding hydrogens is 258 g/mol. The maximum absolute atomic E-state index is 5.89. The molecule has 1 aliphatic rings. The van der Waals surface area contributed by atoms with E-state index < -0.39 is 0 Å². The third-order valence-electron chi connectivity index (χ3n) is 4.38. The Bertz CT molecular complexity index is 661. The third kappa shape index (κ3) is 2.56. The number of hydrogen-bond acceptors (Lipinski definition) is 2. The van der Waals surface area contributed by atoms with Crippen molar-refractivity contribution in [2.75, 3.05) is 6.61 Å². The molecule has 3 rings (SSSR count). The second-order valence-corrected chi connectivity index (χ2v) is 5.62. The summed E-state index contributed by atoms with van der Waals surface area (Å²) in [6.45, 7) is 5.75. The summed E-state index contributed by atoms with van der Waals surface area (Å²) in [6.07, 6.45) is 3.16. The molecule has 0 fully saturated rings. The average molecular weight is 281 g/mol. The van der Waals surface area contributed by atoms with E-state index in [-0.39, 0.29) is 0 Å². The molecule has 1 heterocycles. The molecule has 0 amide bonds. The lowest BCUT2D eigenvalue weighted by atomic mass is 9.94. The van der Waals surface area contributed by atoms with Crippen molar-refractivity contribution >= 4 is 0 Å². The molecule has 2 aromatic carbocycles. The van der Waals surface area contributed by atoms with Gasteiger partial charge in [0.05, 0.1) is 6.61 Å². The van der Waals surface area contributed by atoms with Gasteiger partial charge >= 0.3 is 0 Å². The first-order valence-corrected chi connectivity index (χ1v) is 7.87. The Labute approximate surface area is 126 Å². The summed E-state index contributed by atoms with van der Waals surface area (Å²) in [7, 11) is 0. The molecule has 0 spiro atoms. The minimum Gasteiger partial charge on any atom is -0.493 e. The van der Waals surface area contributed by atoms with Gasteiger partial charge in [-0.15, -0.1) is 0 Å². The largest absolute Gasteiger partial charge is 0.493 e. The van der Waals surface area contributed by atoms with E-state index in [1.54, 1.807) is 0 Å². The molecule has 0 aromatic heterocycles. The Hall–Kier alpha value is -1.80. The van der Waals surface area contributed by atoms with Crippen LogP contribution in [-0.2, 0) is 25.8 Å². The highest BCUT2D eigenvalue weighted by Crippen LogP contribution is 2.35. The molecule has 0 atom stereocenters. The zero-order valence-electron chi connectivity index (χ0n) is 12.9. The highest BCUT2D eigenvalue weighted by atomic mass is 16.5. The molecular formula is C19H23NO. The third-order valence-corrected chi connectivity index (χ3v) is 4.38. The topological polar surface area (TPSA) is 35.2 Å². The van der Waals surface area contributed by atoms with Crippen molar-refractivity contribution in [1.82, 2.24) is 0 Å². The molecule has 2 aromatic rings. The van der Waals surface area contributed by atoms with Crippen molar-refractivity contribution in [1.29, 1.82) is 0 Å². The van der Waals surface area contributed by atoms with Crippen molar-refractivity contribution in [3.63, 3.8) is 0 Å². The van der Waals surface area contributed by atoms with Crippen LogP contribution >= 0.6 is 0 Å². The molecule has 2 nitrogen and oxygen atoms in total. The standard InChI is InChI=1S/C19H23NO/c1-3-13-5-6-15(9-14(13)4-2)17-10-16-7-8-21-19(16)18(11-17)12-20/h5-6,9-11H,3-4,7-8,12,20H2,1-2H3. The molecule has 110 valence electrons. The van der Waals surface area contributed by atoms with Gasteiger partial charge in [-0.05, 0) is 52.8 Å². The molecule has 0 aliphatic carbocycles. The zero-order chi connectivity index (χ0) is 14.8. The quantitative estimate of drug-likeness (QED) is 0.923. The average Bonchev–Trinajstić information content (AvgIpc) is 3.01. The lowest BCUT2D eigenvalue weighted by Crippen LogP contribution is -2.00. The zero-order valence-corrected chi connectivity index (χ0v) is 12.9. The van der Waals surface area contributed by atoms with Crippen LogP contribution in [0.2, 0.25) is 0 Å². The van der Waals surface area contributed by atoms with Gasteiger partial charge in [0.25, 0.3) is 0 Å². The van der Waals surface area contributed by atoms with Gasteiger partial charge in [-0.1, -0.05) is 32.0 Å². The van der Waals surface area contributed by atoms with Crippen LogP contribution in [0.3, 0.4) is 0 Å². The Balaban J connectivity index is 2.08. The van der Waals surface area contributed by atoms with Crippen molar-refractivity contribution in [3.8, 4) is 16.9 Å².